The molecule has 0 heterocycles. The Morgan fingerprint density at radius 3 is 1.53 bits per heavy atom. The van der Waals surface area contributed by atoms with E-state index in [1.54, 1.807) is 0 Å². The van der Waals surface area contributed by atoms with E-state index in [2.05, 4.69) is 0 Å². The van der Waals surface area contributed by atoms with Gasteiger partial charge in [-0.1, -0.05) is 94.5 Å². The molecule has 0 radical (unpaired) electrons. The molecule has 0 aromatic heterocycles. The standard InChI is InChI=1S/C28H46O4/c1-24(25-20-16-15-17-21-25)31-26(29)22-18-13-11-9-7-5-6-8-10-12-14-19-23-27(30)32-28(2,3)4/h15-17,20-21,24H,5-14,18-19,22-23H2,1-4H3. The molecule has 4 heteroatoms. The molecule has 0 amide bonds. The lowest BCUT2D eigenvalue weighted by molar-refractivity contribution is -0.155. The van der Waals surface area contributed by atoms with Gasteiger partial charge in [-0.05, 0) is 46.1 Å². The Kier molecular flexibility index (Phi) is 14.8. The van der Waals surface area contributed by atoms with Crippen LogP contribution in [0, 0.1) is 0 Å². The van der Waals surface area contributed by atoms with E-state index in [0.717, 1.165) is 31.2 Å². The number of esters is 2. The van der Waals surface area contributed by atoms with Crippen molar-refractivity contribution < 1.29 is 19.1 Å². The van der Waals surface area contributed by atoms with Crippen molar-refractivity contribution in [3.8, 4) is 0 Å². The highest BCUT2D eigenvalue weighted by Crippen LogP contribution is 2.18. The normalized spacial score (nSPS) is 12.4. The van der Waals surface area contributed by atoms with Gasteiger partial charge in [0.1, 0.15) is 11.7 Å². The molecule has 0 aliphatic rings. The molecule has 0 aliphatic carbocycles. The van der Waals surface area contributed by atoms with Crippen LogP contribution >= 0.6 is 0 Å². The lowest BCUT2D eigenvalue weighted by atomic mass is 10.0. The van der Waals surface area contributed by atoms with Gasteiger partial charge in [0.15, 0.2) is 0 Å². The Hall–Kier alpha value is -1.84. The SMILES string of the molecule is CC(OC(=O)CCCCCCCCCCCCCCC(=O)OC(C)(C)C)c1ccccc1. The largest absolute Gasteiger partial charge is 0.460 e. The van der Waals surface area contributed by atoms with Gasteiger partial charge in [0, 0.05) is 12.8 Å². The third-order valence-electron chi connectivity index (χ3n) is 5.51. The number of hydrogen-bond acceptors (Lipinski definition) is 4. The van der Waals surface area contributed by atoms with E-state index in [-0.39, 0.29) is 23.6 Å². The number of carbonyl (C=O) groups excluding carboxylic acids is 2. The average Bonchev–Trinajstić information content (AvgIpc) is 2.73. The van der Waals surface area contributed by atoms with Crippen LogP contribution in [0.1, 0.15) is 129 Å². The number of hydrogen-bond donors (Lipinski definition) is 0. The van der Waals surface area contributed by atoms with Gasteiger partial charge >= 0.3 is 11.9 Å². The third-order valence-corrected chi connectivity index (χ3v) is 5.51. The molecule has 1 aromatic rings. The summed E-state index contributed by atoms with van der Waals surface area (Å²) in [6, 6.07) is 9.88. The monoisotopic (exact) mass is 446 g/mol. The molecule has 0 aliphatic heterocycles. The second-order valence-corrected chi connectivity index (χ2v) is 9.87. The Balaban J connectivity index is 1.84. The maximum Gasteiger partial charge on any atom is 0.306 e. The average molecular weight is 447 g/mol. The highest BCUT2D eigenvalue weighted by Gasteiger charge is 2.15. The van der Waals surface area contributed by atoms with Crippen LogP contribution in [0.25, 0.3) is 0 Å². The third kappa shape index (κ3) is 15.9. The van der Waals surface area contributed by atoms with E-state index in [4.69, 9.17) is 9.47 Å². The summed E-state index contributed by atoms with van der Waals surface area (Å²) in [7, 11) is 0. The lowest BCUT2D eigenvalue weighted by Gasteiger charge is -2.19. The van der Waals surface area contributed by atoms with Crippen molar-refractivity contribution >= 4 is 11.9 Å². The predicted molar refractivity (Wildman–Crippen MR) is 131 cm³/mol. The predicted octanol–water partition coefficient (Wildman–Crippen LogP) is 8.09. The van der Waals surface area contributed by atoms with Gasteiger partial charge < -0.3 is 9.47 Å². The fourth-order valence-corrected chi connectivity index (χ4v) is 3.75. The van der Waals surface area contributed by atoms with Crippen LogP contribution in [0.15, 0.2) is 30.3 Å². The molecule has 0 fully saturated rings. The molecule has 0 saturated carbocycles. The maximum absolute atomic E-state index is 12.0. The Labute approximate surface area is 196 Å². The van der Waals surface area contributed by atoms with Crippen LogP contribution in [0.2, 0.25) is 0 Å². The first-order valence-corrected chi connectivity index (χ1v) is 12.7. The molecule has 0 N–H and O–H groups in total. The number of unbranched alkanes of at least 4 members (excludes halogenated alkanes) is 11. The van der Waals surface area contributed by atoms with Crippen molar-refractivity contribution in [3.05, 3.63) is 35.9 Å². The van der Waals surface area contributed by atoms with Crippen molar-refractivity contribution in [3.63, 3.8) is 0 Å². The smallest absolute Gasteiger partial charge is 0.306 e. The van der Waals surface area contributed by atoms with E-state index in [0.29, 0.717) is 12.8 Å². The summed E-state index contributed by atoms with van der Waals surface area (Å²) in [5.74, 6) is -0.163. The molecule has 1 rings (SSSR count). The van der Waals surface area contributed by atoms with Crippen LogP contribution in [-0.4, -0.2) is 17.5 Å². The first-order chi connectivity index (χ1) is 15.3. The summed E-state index contributed by atoms with van der Waals surface area (Å²) in [6.07, 6.45) is 15.1. The van der Waals surface area contributed by atoms with Crippen LogP contribution in [0.5, 0.6) is 0 Å². The fraction of sp³-hybridized carbons (Fsp3) is 0.714. The zero-order chi connectivity index (χ0) is 23.7. The minimum Gasteiger partial charge on any atom is -0.460 e. The summed E-state index contributed by atoms with van der Waals surface area (Å²) in [5, 5.41) is 0. The van der Waals surface area contributed by atoms with E-state index in [1.165, 1.54) is 51.4 Å². The van der Waals surface area contributed by atoms with Gasteiger partial charge in [0.05, 0.1) is 0 Å². The summed E-state index contributed by atoms with van der Waals surface area (Å²) < 4.78 is 10.8. The first kappa shape index (κ1) is 28.2. The van der Waals surface area contributed by atoms with Crippen LogP contribution < -0.4 is 0 Å². The van der Waals surface area contributed by atoms with Gasteiger partial charge in [-0.25, -0.2) is 0 Å². The van der Waals surface area contributed by atoms with Crippen LogP contribution in [-0.2, 0) is 19.1 Å². The molecular formula is C28H46O4. The van der Waals surface area contributed by atoms with Gasteiger partial charge in [-0.2, -0.15) is 0 Å². The minimum atomic E-state index is -0.371. The zero-order valence-corrected chi connectivity index (χ0v) is 21.0. The van der Waals surface area contributed by atoms with E-state index in [1.807, 2.05) is 58.0 Å². The van der Waals surface area contributed by atoms with Crippen molar-refractivity contribution in [2.24, 2.45) is 0 Å². The zero-order valence-electron chi connectivity index (χ0n) is 21.0. The Morgan fingerprint density at radius 2 is 1.09 bits per heavy atom. The highest BCUT2D eigenvalue weighted by molar-refractivity contribution is 5.70. The topological polar surface area (TPSA) is 52.6 Å². The molecule has 0 saturated heterocycles. The summed E-state index contributed by atoms with van der Waals surface area (Å²) in [6.45, 7) is 7.66. The summed E-state index contributed by atoms with van der Waals surface area (Å²) in [4.78, 5) is 23.6. The fourth-order valence-electron chi connectivity index (χ4n) is 3.75. The lowest BCUT2D eigenvalue weighted by Crippen LogP contribution is -2.23. The highest BCUT2D eigenvalue weighted by atomic mass is 16.6. The Bertz CT molecular complexity index is 618. The van der Waals surface area contributed by atoms with Crippen LogP contribution in [0.4, 0.5) is 0 Å². The summed E-state index contributed by atoms with van der Waals surface area (Å²) >= 11 is 0. The van der Waals surface area contributed by atoms with Crippen LogP contribution in [0.3, 0.4) is 0 Å². The number of ether oxygens (including phenoxy) is 2. The van der Waals surface area contributed by atoms with E-state index < -0.39 is 0 Å². The number of carbonyl (C=O) groups is 2. The molecule has 0 spiro atoms. The van der Waals surface area contributed by atoms with Gasteiger partial charge in [-0.3, -0.25) is 9.59 Å². The van der Waals surface area contributed by atoms with Gasteiger partial charge in [0.2, 0.25) is 0 Å². The van der Waals surface area contributed by atoms with E-state index in [9.17, 15) is 9.59 Å². The minimum absolute atomic E-state index is 0.0730. The Morgan fingerprint density at radius 1 is 0.688 bits per heavy atom. The first-order valence-electron chi connectivity index (χ1n) is 12.7. The molecule has 32 heavy (non-hydrogen) atoms. The van der Waals surface area contributed by atoms with Crippen molar-refractivity contribution in [2.45, 2.75) is 129 Å². The second-order valence-electron chi connectivity index (χ2n) is 9.87. The summed E-state index contributed by atoms with van der Waals surface area (Å²) in [5.41, 5.74) is 0.672. The molecule has 1 aromatic carbocycles. The van der Waals surface area contributed by atoms with Gasteiger partial charge in [-0.15, -0.1) is 0 Å². The van der Waals surface area contributed by atoms with Crippen molar-refractivity contribution in [2.75, 3.05) is 0 Å². The van der Waals surface area contributed by atoms with E-state index >= 15 is 0 Å². The molecule has 4 nitrogen and oxygen atoms in total. The molecule has 182 valence electrons. The quantitative estimate of drug-likeness (QED) is 0.179. The number of rotatable bonds is 17. The van der Waals surface area contributed by atoms with Gasteiger partial charge in [0.25, 0.3) is 0 Å². The molecular weight excluding hydrogens is 400 g/mol. The maximum atomic E-state index is 12.0. The van der Waals surface area contributed by atoms with Crippen molar-refractivity contribution in [1.82, 2.24) is 0 Å². The second kappa shape index (κ2) is 16.7. The molecule has 1 atom stereocenters. The number of benzene rings is 1. The molecule has 1 unspecified atom stereocenters. The van der Waals surface area contributed by atoms with Crippen molar-refractivity contribution in [1.29, 1.82) is 0 Å². The molecule has 0 bridgehead atoms.